The molecule has 1 heterocycles. The van der Waals surface area contributed by atoms with Crippen molar-refractivity contribution >= 4 is 29.4 Å². The van der Waals surface area contributed by atoms with Crippen molar-refractivity contribution in [2.24, 2.45) is 5.92 Å². The van der Waals surface area contributed by atoms with Crippen molar-refractivity contribution in [3.05, 3.63) is 53.1 Å². The van der Waals surface area contributed by atoms with Crippen LogP contribution in [0.15, 0.2) is 42.5 Å². The molecule has 7 nitrogen and oxygen atoms in total. The van der Waals surface area contributed by atoms with E-state index in [-0.39, 0.29) is 22.6 Å². The van der Waals surface area contributed by atoms with Gasteiger partial charge >= 0.3 is 0 Å². The lowest BCUT2D eigenvalue weighted by atomic mass is 9.84. The van der Waals surface area contributed by atoms with Gasteiger partial charge in [-0.3, -0.25) is 4.79 Å². The summed E-state index contributed by atoms with van der Waals surface area (Å²) in [7, 11) is 3.91. The second kappa shape index (κ2) is 9.85. The van der Waals surface area contributed by atoms with E-state index in [1.807, 2.05) is 45.0 Å². The van der Waals surface area contributed by atoms with Crippen LogP contribution in [0.4, 0.5) is 5.69 Å². The highest BCUT2D eigenvalue weighted by Crippen LogP contribution is 2.38. The Balaban J connectivity index is 1.77. The molecule has 0 radical (unpaired) electrons. The minimum Gasteiger partial charge on any atom is -0.506 e. The number of anilines is 1. The number of amides is 1. The average molecular weight is 471 g/mol. The summed E-state index contributed by atoms with van der Waals surface area (Å²) in [6.45, 7) is 5.88. The Bertz CT molecular complexity index is 1080. The number of ether oxygens (including phenoxy) is 1. The minimum atomic E-state index is -0.584. The van der Waals surface area contributed by atoms with Gasteiger partial charge in [-0.2, -0.15) is 0 Å². The van der Waals surface area contributed by atoms with Crippen molar-refractivity contribution in [3.8, 4) is 22.6 Å². The van der Waals surface area contributed by atoms with Gasteiger partial charge in [0.15, 0.2) is 0 Å². The average Bonchev–Trinajstić information content (AvgIpc) is 2.67. The molecule has 0 saturated carbocycles. The number of benzene rings is 2. The molecule has 0 spiro atoms. The lowest BCUT2D eigenvalue weighted by Gasteiger charge is -2.47. The molecule has 33 heavy (non-hydrogen) atoms. The number of likely N-dealkylation sites (tertiary alicyclic amines) is 1. The number of nitrogens with zero attached hydrogens (tertiary/aromatic N) is 2. The monoisotopic (exact) mass is 470 g/mol. The van der Waals surface area contributed by atoms with Crippen molar-refractivity contribution in [1.82, 2.24) is 9.80 Å². The zero-order valence-electron chi connectivity index (χ0n) is 19.4. The van der Waals surface area contributed by atoms with Crippen LogP contribution >= 0.6 is 11.6 Å². The first kappa shape index (κ1) is 24.6. The van der Waals surface area contributed by atoms with Crippen molar-refractivity contribution in [2.75, 3.05) is 39.5 Å². The van der Waals surface area contributed by atoms with E-state index in [0.717, 1.165) is 11.1 Å². The van der Waals surface area contributed by atoms with Crippen molar-refractivity contribution in [3.63, 3.8) is 0 Å². The van der Waals surface area contributed by atoms with Crippen molar-refractivity contribution in [2.45, 2.75) is 19.4 Å². The SMILES string of the molecule is CN(C)C/C=C/C(=O)N1CC(C(C)(C)Oc2cc(-c3ccc(O)c(Cl)c3)cc(N)c2C=N)C1. The lowest BCUT2D eigenvalue weighted by molar-refractivity contribution is -0.137. The topological polar surface area (TPSA) is 103 Å². The van der Waals surface area contributed by atoms with Gasteiger partial charge in [0.1, 0.15) is 17.1 Å². The van der Waals surface area contributed by atoms with Crippen LogP contribution in [0.2, 0.25) is 5.02 Å². The van der Waals surface area contributed by atoms with Gasteiger partial charge in [0, 0.05) is 43.5 Å². The number of nitrogens with one attached hydrogen (secondary N) is 1. The number of aromatic hydroxyl groups is 1. The van der Waals surface area contributed by atoms with Crippen molar-refractivity contribution in [1.29, 1.82) is 5.41 Å². The molecule has 176 valence electrons. The molecule has 0 aliphatic carbocycles. The number of phenols is 1. The van der Waals surface area contributed by atoms with Gasteiger partial charge in [-0.25, -0.2) is 0 Å². The van der Waals surface area contributed by atoms with Crippen LogP contribution in [0.5, 0.6) is 11.5 Å². The van der Waals surface area contributed by atoms with Gasteiger partial charge in [-0.05, 0) is 63.3 Å². The van der Waals surface area contributed by atoms with Crippen molar-refractivity contribution < 1.29 is 14.6 Å². The number of hydrogen-bond acceptors (Lipinski definition) is 6. The Labute approximate surface area is 199 Å². The third-order valence-electron chi connectivity index (χ3n) is 5.88. The summed E-state index contributed by atoms with van der Waals surface area (Å²) in [5, 5.41) is 17.8. The summed E-state index contributed by atoms with van der Waals surface area (Å²) >= 11 is 6.07. The van der Waals surface area contributed by atoms with Gasteiger partial charge in [-0.1, -0.05) is 23.7 Å². The van der Waals surface area contributed by atoms with Crippen LogP contribution in [0.25, 0.3) is 11.1 Å². The fourth-order valence-corrected chi connectivity index (χ4v) is 3.86. The smallest absolute Gasteiger partial charge is 0.246 e. The summed E-state index contributed by atoms with van der Waals surface area (Å²) in [6.07, 6.45) is 4.65. The van der Waals surface area contributed by atoms with Gasteiger partial charge in [0.2, 0.25) is 5.91 Å². The van der Waals surface area contributed by atoms with E-state index in [0.29, 0.717) is 36.6 Å². The summed E-state index contributed by atoms with van der Waals surface area (Å²) in [5.74, 6) is 0.627. The first-order valence-corrected chi connectivity index (χ1v) is 11.1. The zero-order chi connectivity index (χ0) is 24.3. The number of hydrogen-bond donors (Lipinski definition) is 3. The van der Waals surface area contributed by atoms with Crippen LogP contribution < -0.4 is 10.5 Å². The van der Waals surface area contributed by atoms with Crippen LogP contribution in [0.3, 0.4) is 0 Å². The van der Waals surface area contributed by atoms with Gasteiger partial charge in [0.25, 0.3) is 0 Å². The third-order valence-corrected chi connectivity index (χ3v) is 6.18. The zero-order valence-corrected chi connectivity index (χ0v) is 20.2. The molecule has 1 aliphatic heterocycles. The second-order valence-electron chi connectivity index (χ2n) is 9.10. The number of carbonyl (C=O) groups excluding carboxylic acids is 1. The molecule has 2 aromatic rings. The summed E-state index contributed by atoms with van der Waals surface area (Å²) in [4.78, 5) is 16.1. The number of halogens is 1. The van der Waals surface area contributed by atoms with E-state index >= 15 is 0 Å². The number of rotatable bonds is 8. The minimum absolute atomic E-state index is 0.000434. The highest BCUT2D eigenvalue weighted by molar-refractivity contribution is 6.32. The number of nitrogen functional groups attached to an aromatic ring is 1. The van der Waals surface area contributed by atoms with E-state index in [9.17, 15) is 9.90 Å². The van der Waals surface area contributed by atoms with Crippen LogP contribution in [0, 0.1) is 11.3 Å². The lowest BCUT2D eigenvalue weighted by Crippen LogP contribution is -2.59. The molecule has 0 atom stereocenters. The van der Waals surface area contributed by atoms with E-state index in [2.05, 4.69) is 0 Å². The quantitative estimate of drug-likeness (QED) is 0.307. The predicted molar refractivity (Wildman–Crippen MR) is 133 cm³/mol. The Morgan fingerprint density at radius 1 is 1.30 bits per heavy atom. The highest BCUT2D eigenvalue weighted by Gasteiger charge is 2.42. The molecule has 3 rings (SSSR count). The van der Waals surface area contributed by atoms with E-state index in [1.54, 1.807) is 29.2 Å². The predicted octanol–water partition coefficient (Wildman–Crippen LogP) is 4.03. The first-order chi connectivity index (χ1) is 15.5. The van der Waals surface area contributed by atoms with Gasteiger partial charge in [0.05, 0.1) is 10.6 Å². The maximum absolute atomic E-state index is 12.3. The normalized spacial score (nSPS) is 14.5. The van der Waals surface area contributed by atoms with E-state index in [4.69, 9.17) is 27.5 Å². The molecule has 1 fully saturated rings. The molecule has 1 aliphatic rings. The Kier molecular flexibility index (Phi) is 7.34. The summed E-state index contributed by atoms with van der Waals surface area (Å²) in [6, 6.07) is 8.51. The molecular formula is C25H31ClN4O3. The van der Waals surface area contributed by atoms with E-state index in [1.165, 1.54) is 12.3 Å². The molecule has 8 heteroatoms. The second-order valence-corrected chi connectivity index (χ2v) is 9.51. The number of phenolic OH excluding ortho intramolecular Hbond substituents is 1. The molecule has 1 saturated heterocycles. The standard InChI is InChI=1S/C25H31ClN4O3/c1-25(2,18-14-30(15-18)24(32)6-5-9-29(3)4)33-23-12-17(11-21(28)19(23)13-27)16-7-8-22(31)20(26)10-16/h5-8,10-13,18,27,31H,9,14-15,28H2,1-4H3/b6-5+,27-13?. The van der Waals surface area contributed by atoms with Crippen LogP contribution in [-0.4, -0.2) is 66.4 Å². The molecule has 0 bridgehead atoms. The Morgan fingerprint density at radius 2 is 2.00 bits per heavy atom. The maximum atomic E-state index is 12.3. The Morgan fingerprint density at radius 3 is 2.61 bits per heavy atom. The fraction of sp³-hybridized carbons (Fsp3) is 0.360. The van der Waals surface area contributed by atoms with Gasteiger partial charge < -0.3 is 30.8 Å². The fourth-order valence-electron chi connectivity index (χ4n) is 3.67. The highest BCUT2D eigenvalue weighted by atomic mass is 35.5. The molecule has 0 aromatic heterocycles. The maximum Gasteiger partial charge on any atom is 0.246 e. The molecular weight excluding hydrogens is 440 g/mol. The van der Waals surface area contributed by atoms with Gasteiger partial charge in [-0.15, -0.1) is 0 Å². The third kappa shape index (κ3) is 5.67. The Hall–Kier alpha value is -3.03. The number of nitrogens with two attached hydrogens (primary N) is 1. The molecule has 0 unspecified atom stereocenters. The van der Waals surface area contributed by atoms with Crippen LogP contribution in [-0.2, 0) is 4.79 Å². The molecule has 2 aromatic carbocycles. The first-order valence-electron chi connectivity index (χ1n) is 10.7. The molecule has 4 N–H and O–H groups in total. The van der Waals surface area contributed by atoms with E-state index < -0.39 is 5.60 Å². The summed E-state index contributed by atoms with van der Waals surface area (Å²) in [5.41, 5.74) is 8.09. The van der Waals surface area contributed by atoms with Crippen LogP contribution in [0.1, 0.15) is 19.4 Å². The number of carbonyl (C=O) groups is 1. The number of likely N-dealkylation sites (N-methyl/N-ethyl adjacent to an activating group) is 1. The summed E-state index contributed by atoms with van der Waals surface area (Å²) < 4.78 is 6.39. The molecule has 1 amide bonds. The largest absolute Gasteiger partial charge is 0.506 e.